The summed E-state index contributed by atoms with van der Waals surface area (Å²) >= 11 is 0. The molecule has 0 radical (unpaired) electrons. The zero-order chi connectivity index (χ0) is 11.1. The van der Waals surface area contributed by atoms with E-state index in [1.165, 1.54) is 19.3 Å². The molecule has 1 heterocycles. The largest absolute Gasteiger partial charge is 0.395 e. The molecule has 0 aliphatic carbocycles. The van der Waals surface area contributed by atoms with Gasteiger partial charge in [0.15, 0.2) is 0 Å². The van der Waals surface area contributed by atoms with Gasteiger partial charge in [0, 0.05) is 6.54 Å². The van der Waals surface area contributed by atoms with Crippen LogP contribution >= 0.6 is 0 Å². The summed E-state index contributed by atoms with van der Waals surface area (Å²) in [4.78, 5) is 13.6. The first-order valence-corrected chi connectivity index (χ1v) is 5.82. The summed E-state index contributed by atoms with van der Waals surface area (Å²) in [6.07, 6.45) is 3.65. The Morgan fingerprint density at radius 1 is 1.47 bits per heavy atom. The van der Waals surface area contributed by atoms with E-state index in [4.69, 9.17) is 5.11 Å². The molecule has 0 saturated carbocycles. The van der Waals surface area contributed by atoms with Gasteiger partial charge in [-0.1, -0.05) is 6.92 Å². The zero-order valence-electron chi connectivity index (χ0n) is 9.54. The monoisotopic (exact) mass is 214 g/mol. The second-order valence-electron chi connectivity index (χ2n) is 4.39. The summed E-state index contributed by atoms with van der Waals surface area (Å²) in [5.74, 6) is 0.814. The molecule has 1 saturated heterocycles. The van der Waals surface area contributed by atoms with Crippen molar-refractivity contribution >= 4 is 5.91 Å². The number of hydrogen-bond donors (Lipinski definition) is 2. The average molecular weight is 214 g/mol. The van der Waals surface area contributed by atoms with Gasteiger partial charge in [-0.15, -0.1) is 0 Å². The highest BCUT2D eigenvalue weighted by Gasteiger charge is 2.15. The van der Waals surface area contributed by atoms with Crippen molar-refractivity contribution in [3.63, 3.8) is 0 Å². The Hall–Kier alpha value is -0.610. The van der Waals surface area contributed by atoms with Gasteiger partial charge >= 0.3 is 0 Å². The second-order valence-corrected chi connectivity index (χ2v) is 4.39. The predicted octanol–water partition coefficient (Wildman–Crippen LogP) is 0.217. The zero-order valence-corrected chi connectivity index (χ0v) is 9.54. The molecular weight excluding hydrogens is 192 g/mol. The summed E-state index contributed by atoms with van der Waals surface area (Å²) in [6, 6.07) is 0. The molecule has 0 spiro atoms. The summed E-state index contributed by atoms with van der Waals surface area (Å²) in [6.45, 7) is 5.18. The number of rotatable bonds is 4. The van der Waals surface area contributed by atoms with E-state index in [1.54, 1.807) is 0 Å². The Bertz CT molecular complexity index is 197. The molecule has 1 aliphatic heterocycles. The molecule has 1 amide bonds. The molecule has 4 heteroatoms. The number of carbonyl (C=O) groups excluding carboxylic acids is 1. The lowest BCUT2D eigenvalue weighted by Crippen LogP contribution is -2.38. The van der Waals surface area contributed by atoms with E-state index in [2.05, 4.69) is 17.1 Å². The van der Waals surface area contributed by atoms with Crippen molar-refractivity contribution in [2.45, 2.75) is 26.2 Å². The van der Waals surface area contributed by atoms with Gasteiger partial charge in [0.2, 0.25) is 5.91 Å². The SMILES string of the molecule is CC1CCCN(CC(=O)NCCO)CC1. The maximum absolute atomic E-state index is 11.4. The lowest BCUT2D eigenvalue weighted by Gasteiger charge is -2.18. The maximum atomic E-state index is 11.4. The lowest BCUT2D eigenvalue weighted by molar-refractivity contribution is -0.122. The first-order chi connectivity index (χ1) is 7.22. The van der Waals surface area contributed by atoms with Crippen LogP contribution in [0.4, 0.5) is 0 Å². The van der Waals surface area contributed by atoms with Crippen LogP contribution in [0.1, 0.15) is 26.2 Å². The minimum Gasteiger partial charge on any atom is -0.395 e. The summed E-state index contributed by atoms with van der Waals surface area (Å²) < 4.78 is 0. The maximum Gasteiger partial charge on any atom is 0.234 e. The first kappa shape index (κ1) is 12.5. The van der Waals surface area contributed by atoms with Crippen LogP contribution < -0.4 is 5.32 Å². The van der Waals surface area contributed by atoms with Crippen LogP contribution in [0.3, 0.4) is 0 Å². The fourth-order valence-electron chi connectivity index (χ4n) is 1.93. The fraction of sp³-hybridized carbons (Fsp3) is 0.909. The van der Waals surface area contributed by atoms with Crippen molar-refractivity contribution < 1.29 is 9.90 Å². The second kappa shape index (κ2) is 6.80. The number of likely N-dealkylation sites (tertiary alicyclic amines) is 1. The van der Waals surface area contributed by atoms with E-state index in [0.717, 1.165) is 19.0 Å². The minimum absolute atomic E-state index is 0.0166. The highest BCUT2D eigenvalue weighted by atomic mass is 16.3. The van der Waals surface area contributed by atoms with Gasteiger partial charge in [0.1, 0.15) is 0 Å². The molecule has 1 fully saturated rings. The van der Waals surface area contributed by atoms with Gasteiger partial charge in [-0.25, -0.2) is 0 Å². The molecule has 1 atom stereocenters. The van der Waals surface area contributed by atoms with E-state index in [9.17, 15) is 4.79 Å². The summed E-state index contributed by atoms with van der Waals surface area (Å²) in [5.41, 5.74) is 0. The Balaban J connectivity index is 2.22. The number of aliphatic hydroxyl groups excluding tert-OH is 1. The van der Waals surface area contributed by atoms with Gasteiger partial charge in [-0.2, -0.15) is 0 Å². The van der Waals surface area contributed by atoms with Gasteiger partial charge in [0.25, 0.3) is 0 Å². The lowest BCUT2D eigenvalue weighted by atomic mass is 10.0. The molecule has 1 rings (SSSR count). The van der Waals surface area contributed by atoms with E-state index in [1.807, 2.05) is 0 Å². The molecule has 0 aromatic heterocycles. The quantitative estimate of drug-likeness (QED) is 0.704. The molecule has 1 aliphatic rings. The van der Waals surface area contributed by atoms with Crippen molar-refractivity contribution in [1.82, 2.24) is 10.2 Å². The van der Waals surface area contributed by atoms with Crippen molar-refractivity contribution in [2.75, 3.05) is 32.8 Å². The van der Waals surface area contributed by atoms with E-state index < -0.39 is 0 Å². The average Bonchev–Trinajstić information content (AvgIpc) is 2.41. The number of nitrogens with zero attached hydrogens (tertiary/aromatic N) is 1. The van der Waals surface area contributed by atoms with E-state index in [0.29, 0.717) is 13.1 Å². The number of nitrogens with one attached hydrogen (secondary N) is 1. The number of carbonyl (C=O) groups is 1. The highest BCUT2D eigenvalue weighted by molar-refractivity contribution is 5.77. The van der Waals surface area contributed by atoms with E-state index in [-0.39, 0.29) is 12.5 Å². The van der Waals surface area contributed by atoms with Crippen molar-refractivity contribution in [1.29, 1.82) is 0 Å². The molecular formula is C11H22N2O2. The molecule has 15 heavy (non-hydrogen) atoms. The Labute approximate surface area is 91.6 Å². The van der Waals surface area contributed by atoms with Crippen LogP contribution in [0, 0.1) is 5.92 Å². The topological polar surface area (TPSA) is 52.6 Å². The third-order valence-electron chi connectivity index (χ3n) is 2.91. The van der Waals surface area contributed by atoms with E-state index >= 15 is 0 Å². The number of amides is 1. The molecule has 0 aromatic carbocycles. The predicted molar refractivity (Wildman–Crippen MR) is 59.6 cm³/mol. The van der Waals surface area contributed by atoms with Crippen LogP contribution in [0.15, 0.2) is 0 Å². The molecule has 1 unspecified atom stereocenters. The van der Waals surface area contributed by atoms with Crippen LogP contribution in [-0.4, -0.2) is 48.7 Å². The van der Waals surface area contributed by atoms with Gasteiger partial charge < -0.3 is 10.4 Å². The van der Waals surface area contributed by atoms with Crippen LogP contribution in [0.25, 0.3) is 0 Å². The van der Waals surface area contributed by atoms with Crippen molar-refractivity contribution in [3.05, 3.63) is 0 Å². The number of aliphatic hydroxyl groups is 1. The third-order valence-corrected chi connectivity index (χ3v) is 2.91. The van der Waals surface area contributed by atoms with Gasteiger partial charge in [0.05, 0.1) is 13.2 Å². The Morgan fingerprint density at radius 2 is 2.27 bits per heavy atom. The highest BCUT2D eigenvalue weighted by Crippen LogP contribution is 2.15. The summed E-state index contributed by atoms with van der Waals surface area (Å²) in [5, 5.41) is 11.3. The Kier molecular flexibility index (Phi) is 5.65. The fourth-order valence-corrected chi connectivity index (χ4v) is 1.93. The standard InChI is InChI=1S/C11H22N2O2/c1-10-3-2-6-13(7-4-10)9-11(15)12-5-8-14/h10,14H,2-9H2,1H3,(H,12,15). The first-order valence-electron chi connectivity index (χ1n) is 5.82. The molecule has 4 nitrogen and oxygen atoms in total. The van der Waals surface area contributed by atoms with Gasteiger partial charge in [-0.05, 0) is 38.3 Å². The third kappa shape index (κ3) is 5.14. The minimum atomic E-state index is 0.0166. The van der Waals surface area contributed by atoms with Gasteiger partial charge in [-0.3, -0.25) is 9.69 Å². The normalized spacial score (nSPS) is 23.5. The molecule has 0 aromatic rings. The van der Waals surface area contributed by atoms with Crippen molar-refractivity contribution in [3.8, 4) is 0 Å². The molecule has 88 valence electrons. The van der Waals surface area contributed by atoms with Crippen molar-refractivity contribution in [2.24, 2.45) is 5.92 Å². The smallest absolute Gasteiger partial charge is 0.234 e. The molecule has 2 N–H and O–H groups in total. The van der Waals surface area contributed by atoms with Crippen LogP contribution in [-0.2, 0) is 4.79 Å². The summed E-state index contributed by atoms with van der Waals surface area (Å²) in [7, 11) is 0. The number of hydrogen-bond acceptors (Lipinski definition) is 3. The molecule has 0 bridgehead atoms. The Morgan fingerprint density at radius 3 is 3.00 bits per heavy atom. The van der Waals surface area contributed by atoms with Crippen LogP contribution in [0.5, 0.6) is 0 Å². The van der Waals surface area contributed by atoms with Crippen LogP contribution in [0.2, 0.25) is 0 Å².